The Labute approximate surface area is 129 Å². The number of methoxy groups -OCH3 is 1. The van der Waals surface area contributed by atoms with Crippen molar-refractivity contribution in [3.8, 4) is 5.75 Å². The number of azo groups is 1. The Kier molecular flexibility index (Phi) is 2.94. The largest absolute Gasteiger partial charge is 0.497 e. The normalized spacial score (nSPS) is 11.7. The summed E-state index contributed by atoms with van der Waals surface area (Å²) in [5.74, 6) is 0.731. The maximum Gasteiger partial charge on any atom is 0.276 e. The monoisotopic (exact) mass is 308 g/mol. The first kappa shape index (κ1) is 13.3. The number of nitrogens with one attached hydrogen (secondary N) is 3. The van der Waals surface area contributed by atoms with Crippen molar-refractivity contribution in [1.29, 1.82) is 0 Å². The molecule has 2 aromatic carbocycles. The second kappa shape index (κ2) is 5.09. The van der Waals surface area contributed by atoms with Crippen LogP contribution in [-0.2, 0) is 0 Å². The van der Waals surface area contributed by atoms with Gasteiger partial charge in [0.25, 0.3) is 5.56 Å². The Balaban J connectivity index is 1.84. The first-order chi connectivity index (χ1) is 11.3. The van der Waals surface area contributed by atoms with Crippen molar-refractivity contribution in [3.63, 3.8) is 0 Å². The van der Waals surface area contributed by atoms with E-state index in [0.29, 0.717) is 22.1 Å². The van der Waals surface area contributed by atoms with E-state index in [0.717, 1.165) is 11.3 Å². The molecule has 23 heavy (non-hydrogen) atoms. The molecular formula is C15H12N6O2. The second-order valence-electron chi connectivity index (χ2n) is 4.93. The fourth-order valence-electron chi connectivity index (χ4n) is 2.44. The SMILES string of the molecule is COc1ccc(N=Nc2c(=O)[nH]c3ccc4[nH][nH]nc4c23)cc1. The topological polar surface area (TPSA) is 111 Å². The zero-order chi connectivity index (χ0) is 15.8. The van der Waals surface area contributed by atoms with Crippen LogP contribution in [-0.4, -0.2) is 27.5 Å². The molecule has 0 aliphatic carbocycles. The van der Waals surface area contributed by atoms with Crippen LogP contribution in [0.15, 0.2) is 51.4 Å². The molecule has 0 saturated carbocycles. The maximum absolute atomic E-state index is 12.1. The summed E-state index contributed by atoms with van der Waals surface area (Å²) in [6.07, 6.45) is 0. The number of H-pyrrole nitrogens is 3. The van der Waals surface area contributed by atoms with Crippen LogP contribution in [0.3, 0.4) is 0 Å². The molecule has 0 atom stereocenters. The predicted molar refractivity (Wildman–Crippen MR) is 85.7 cm³/mol. The Morgan fingerprint density at radius 1 is 1.04 bits per heavy atom. The van der Waals surface area contributed by atoms with Gasteiger partial charge in [0.15, 0.2) is 5.69 Å². The van der Waals surface area contributed by atoms with Gasteiger partial charge in [-0.05, 0) is 36.4 Å². The lowest BCUT2D eigenvalue weighted by molar-refractivity contribution is 0.415. The molecule has 8 heteroatoms. The van der Waals surface area contributed by atoms with Crippen LogP contribution in [0.25, 0.3) is 21.9 Å². The minimum Gasteiger partial charge on any atom is -0.497 e. The molecule has 114 valence electrons. The second-order valence-corrected chi connectivity index (χ2v) is 4.93. The third-order valence-corrected chi connectivity index (χ3v) is 3.57. The zero-order valence-corrected chi connectivity index (χ0v) is 12.1. The van der Waals surface area contributed by atoms with Crippen LogP contribution in [0.5, 0.6) is 5.75 Å². The average molecular weight is 308 g/mol. The van der Waals surface area contributed by atoms with Crippen LogP contribution in [0, 0.1) is 0 Å². The number of hydrogen-bond acceptors (Lipinski definition) is 5. The predicted octanol–water partition coefficient (Wildman–Crippen LogP) is 3.16. The van der Waals surface area contributed by atoms with Gasteiger partial charge in [0.1, 0.15) is 11.3 Å². The molecule has 0 saturated heterocycles. The number of rotatable bonds is 3. The summed E-state index contributed by atoms with van der Waals surface area (Å²) in [4.78, 5) is 14.9. The highest BCUT2D eigenvalue weighted by atomic mass is 16.5. The Hall–Kier alpha value is -3.42. The quantitative estimate of drug-likeness (QED) is 0.505. The van der Waals surface area contributed by atoms with Gasteiger partial charge < -0.3 is 9.72 Å². The van der Waals surface area contributed by atoms with E-state index >= 15 is 0 Å². The van der Waals surface area contributed by atoms with Crippen LogP contribution in [0.2, 0.25) is 0 Å². The highest BCUT2D eigenvalue weighted by Gasteiger charge is 2.14. The Morgan fingerprint density at radius 2 is 1.83 bits per heavy atom. The van der Waals surface area contributed by atoms with Gasteiger partial charge >= 0.3 is 0 Å². The Morgan fingerprint density at radius 3 is 2.61 bits per heavy atom. The fraction of sp³-hybridized carbons (Fsp3) is 0.0667. The first-order valence-corrected chi connectivity index (χ1v) is 6.89. The van der Waals surface area contributed by atoms with E-state index in [-0.39, 0.29) is 11.2 Å². The molecule has 0 aliphatic heterocycles. The maximum atomic E-state index is 12.1. The number of hydrogen-bond donors (Lipinski definition) is 3. The molecule has 0 amide bonds. The Bertz CT molecular complexity index is 1070. The van der Waals surface area contributed by atoms with Gasteiger partial charge in [0, 0.05) is 0 Å². The summed E-state index contributed by atoms with van der Waals surface area (Å²) in [5, 5.41) is 18.6. The molecule has 0 bridgehead atoms. The van der Waals surface area contributed by atoms with Crippen LogP contribution < -0.4 is 10.3 Å². The molecule has 2 heterocycles. The molecule has 2 aromatic heterocycles. The van der Waals surface area contributed by atoms with Crippen LogP contribution >= 0.6 is 0 Å². The third kappa shape index (κ3) is 2.16. The molecule has 8 nitrogen and oxygen atoms in total. The zero-order valence-electron chi connectivity index (χ0n) is 12.1. The standard InChI is InChI=1S/C15H12N6O2/c1-23-9-4-2-8(3-5-9)17-19-14-12-10(16-15(14)22)6-7-11-13(12)20-21-18-11/h2-7,18,21H,1H3,(H,16,22). The van der Waals surface area contributed by atoms with E-state index in [1.165, 1.54) is 0 Å². The first-order valence-electron chi connectivity index (χ1n) is 6.89. The smallest absolute Gasteiger partial charge is 0.276 e. The fourth-order valence-corrected chi connectivity index (χ4v) is 2.44. The number of ether oxygens (including phenoxy) is 1. The summed E-state index contributed by atoms with van der Waals surface area (Å²) in [6, 6.07) is 10.7. The molecule has 0 radical (unpaired) electrons. The average Bonchev–Trinajstić information content (AvgIpc) is 3.16. The van der Waals surface area contributed by atoms with E-state index in [2.05, 4.69) is 30.6 Å². The van der Waals surface area contributed by atoms with Gasteiger partial charge in [-0.25, -0.2) is 5.21 Å². The van der Waals surface area contributed by atoms with Crippen molar-refractivity contribution in [2.45, 2.75) is 0 Å². The van der Waals surface area contributed by atoms with Crippen LogP contribution in [0.4, 0.5) is 11.4 Å². The minimum absolute atomic E-state index is 0.238. The summed E-state index contributed by atoms with van der Waals surface area (Å²) in [6.45, 7) is 0. The molecule has 0 aliphatic rings. The number of aromatic nitrogens is 4. The van der Waals surface area contributed by atoms with Crippen LogP contribution in [0.1, 0.15) is 0 Å². The molecule has 0 unspecified atom stereocenters. The van der Waals surface area contributed by atoms with E-state index < -0.39 is 0 Å². The number of aromatic amines is 3. The summed E-state index contributed by atoms with van der Waals surface area (Å²) >= 11 is 0. The molecule has 3 N–H and O–H groups in total. The van der Waals surface area contributed by atoms with Gasteiger partial charge in [-0.2, -0.15) is 10.2 Å². The highest BCUT2D eigenvalue weighted by Crippen LogP contribution is 2.29. The van der Waals surface area contributed by atoms with Crippen molar-refractivity contribution in [2.24, 2.45) is 10.2 Å². The van der Waals surface area contributed by atoms with Gasteiger partial charge in [-0.3, -0.25) is 9.89 Å². The summed E-state index contributed by atoms with van der Waals surface area (Å²) in [5.41, 5.74) is 2.67. The molecule has 4 aromatic rings. The summed E-state index contributed by atoms with van der Waals surface area (Å²) in [7, 11) is 1.60. The van der Waals surface area contributed by atoms with Crippen molar-refractivity contribution in [3.05, 3.63) is 46.8 Å². The van der Waals surface area contributed by atoms with Gasteiger partial charge in [0.2, 0.25) is 0 Å². The van der Waals surface area contributed by atoms with E-state index in [9.17, 15) is 4.79 Å². The van der Waals surface area contributed by atoms with Gasteiger partial charge in [-0.15, -0.1) is 5.11 Å². The van der Waals surface area contributed by atoms with Crippen molar-refractivity contribution in [2.75, 3.05) is 7.11 Å². The molecular weight excluding hydrogens is 296 g/mol. The van der Waals surface area contributed by atoms with Gasteiger partial charge in [0.05, 0.1) is 29.2 Å². The molecule has 0 spiro atoms. The molecule has 0 fully saturated rings. The lowest BCUT2D eigenvalue weighted by Gasteiger charge is -1.98. The molecule has 4 rings (SSSR count). The number of fused-ring (bicyclic) bond motifs is 3. The van der Waals surface area contributed by atoms with Crippen molar-refractivity contribution < 1.29 is 4.74 Å². The van der Waals surface area contributed by atoms with Crippen molar-refractivity contribution in [1.82, 2.24) is 20.4 Å². The lowest BCUT2D eigenvalue weighted by Crippen LogP contribution is -1.95. The van der Waals surface area contributed by atoms with E-state index in [4.69, 9.17) is 4.74 Å². The van der Waals surface area contributed by atoms with E-state index in [1.54, 1.807) is 37.4 Å². The highest BCUT2D eigenvalue weighted by molar-refractivity contribution is 6.08. The minimum atomic E-state index is -0.298. The summed E-state index contributed by atoms with van der Waals surface area (Å²) < 4.78 is 5.09. The van der Waals surface area contributed by atoms with Gasteiger partial charge in [-0.1, -0.05) is 0 Å². The van der Waals surface area contributed by atoms with E-state index in [1.807, 2.05) is 6.07 Å². The number of benzene rings is 2. The lowest BCUT2D eigenvalue weighted by atomic mass is 10.2. The van der Waals surface area contributed by atoms with Crippen molar-refractivity contribution >= 4 is 33.3 Å². The number of nitrogens with zero attached hydrogens (tertiary/aromatic N) is 3. The third-order valence-electron chi connectivity index (χ3n) is 3.57.